The summed E-state index contributed by atoms with van der Waals surface area (Å²) in [7, 11) is 0. The highest BCUT2D eigenvalue weighted by Crippen LogP contribution is 2.30. The topological polar surface area (TPSA) is 78.4 Å². The Labute approximate surface area is 93.4 Å². The van der Waals surface area contributed by atoms with E-state index in [2.05, 4.69) is 0 Å². The molecule has 0 bridgehead atoms. The maximum absolute atomic E-state index is 10.8. The van der Waals surface area contributed by atoms with Crippen LogP contribution in [0.5, 0.6) is 5.75 Å². The van der Waals surface area contributed by atoms with Gasteiger partial charge in [-0.3, -0.25) is 10.1 Å². The Hall–Kier alpha value is -1.62. The Bertz CT molecular complexity index is 395. The lowest BCUT2D eigenvalue weighted by Crippen LogP contribution is -2.33. The summed E-state index contributed by atoms with van der Waals surface area (Å²) in [4.78, 5) is 10.3. The number of hydrogen-bond acceptors (Lipinski definition) is 4. The third-order valence-electron chi connectivity index (χ3n) is 2.84. The molecule has 5 heteroatoms. The summed E-state index contributed by atoms with van der Waals surface area (Å²) in [5, 5.41) is 10.8. The van der Waals surface area contributed by atoms with E-state index >= 15 is 0 Å². The van der Waals surface area contributed by atoms with Gasteiger partial charge in [0.15, 0.2) is 5.75 Å². The first-order valence-electron chi connectivity index (χ1n) is 5.34. The molecule has 1 fully saturated rings. The molecule has 0 amide bonds. The summed E-state index contributed by atoms with van der Waals surface area (Å²) in [6, 6.07) is 6.39. The molecule has 0 radical (unpaired) electrons. The molecule has 1 aliphatic carbocycles. The highest BCUT2D eigenvalue weighted by atomic mass is 16.6. The van der Waals surface area contributed by atoms with Gasteiger partial charge in [0.25, 0.3) is 0 Å². The van der Waals surface area contributed by atoms with Gasteiger partial charge in [0.1, 0.15) is 6.10 Å². The number of rotatable bonds is 3. The first-order valence-corrected chi connectivity index (χ1v) is 5.34. The average Bonchev–Trinajstić information content (AvgIpc) is 2.65. The van der Waals surface area contributed by atoms with E-state index < -0.39 is 4.92 Å². The fourth-order valence-electron chi connectivity index (χ4n) is 1.97. The molecular weight excluding hydrogens is 208 g/mol. The van der Waals surface area contributed by atoms with Crippen LogP contribution in [0.25, 0.3) is 0 Å². The summed E-state index contributed by atoms with van der Waals surface area (Å²) >= 11 is 0. The Morgan fingerprint density at radius 2 is 2.12 bits per heavy atom. The minimum atomic E-state index is -0.435. The van der Waals surface area contributed by atoms with Crippen LogP contribution < -0.4 is 10.5 Å². The second-order valence-corrected chi connectivity index (χ2v) is 3.98. The first kappa shape index (κ1) is 10.9. The fraction of sp³-hybridized carbons (Fsp3) is 0.455. The molecule has 1 aromatic carbocycles. The van der Waals surface area contributed by atoms with E-state index in [1.54, 1.807) is 18.2 Å². The van der Waals surface area contributed by atoms with E-state index in [9.17, 15) is 10.1 Å². The molecule has 5 nitrogen and oxygen atoms in total. The molecule has 0 aliphatic heterocycles. The molecule has 2 atom stereocenters. The summed E-state index contributed by atoms with van der Waals surface area (Å²) in [6.45, 7) is 0. The van der Waals surface area contributed by atoms with Crippen molar-refractivity contribution in [3.8, 4) is 5.75 Å². The highest BCUT2D eigenvalue weighted by molar-refractivity contribution is 5.45. The monoisotopic (exact) mass is 222 g/mol. The Kier molecular flexibility index (Phi) is 3.05. The Morgan fingerprint density at radius 3 is 2.75 bits per heavy atom. The van der Waals surface area contributed by atoms with Gasteiger partial charge in [0, 0.05) is 12.1 Å². The van der Waals surface area contributed by atoms with E-state index in [1.807, 2.05) is 0 Å². The van der Waals surface area contributed by atoms with Gasteiger partial charge in [-0.2, -0.15) is 0 Å². The Balaban J connectivity index is 2.17. The minimum absolute atomic E-state index is 0.00148. The quantitative estimate of drug-likeness (QED) is 0.625. The number of nitrogens with zero attached hydrogens (tertiary/aromatic N) is 1. The van der Waals surface area contributed by atoms with Crippen LogP contribution in [-0.2, 0) is 0 Å². The van der Waals surface area contributed by atoms with Crippen LogP contribution in [0.4, 0.5) is 5.69 Å². The molecule has 2 N–H and O–H groups in total. The zero-order chi connectivity index (χ0) is 11.5. The largest absolute Gasteiger partial charge is 0.482 e. The predicted molar refractivity (Wildman–Crippen MR) is 59.3 cm³/mol. The molecule has 2 unspecified atom stereocenters. The molecule has 86 valence electrons. The lowest BCUT2D eigenvalue weighted by molar-refractivity contribution is -0.386. The van der Waals surface area contributed by atoms with Crippen molar-refractivity contribution in [3.63, 3.8) is 0 Å². The molecule has 0 heterocycles. The van der Waals surface area contributed by atoms with Crippen LogP contribution in [0, 0.1) is 10.1 Å². The van der Waals surface area contributed by atoms with Crippen molar-refractivity contribution in [2.45, 2.75) is 31.4 Å². The second kappa shape index (κ2) is 4.49. The summed E-state index contributed by atoms with van der Waals surface area (Å²) in [5.74, 6) is 0.315. The molecule has 16 heavy (non-hydrogen) atoms. The Morgan fingerprint density at radius 1 is 1.38 bits per heavy atom. The summed E-state index contributed by atoms with van der Waals surface area (Å²) < 4.78 is 5.61. The lowest BCUT2D eigenvalue weighted by Gasteiger charge is -2.17. The summed E-state index contributed by atoms with van der Waals surface area (Å²) in [5.41, 5.74) is 5.86. The molecule has 1 aliphatic rings. The number of benzene rings is 1. The number of para-hydroxylation sites is 2. The SMILES string of the molecule is NC1CCCC1Oc1ccccc1[N+](=O)[O-]. The summed E-state index contributed by atoms with van der Waals surface area (Å²) in [6.07, 6.45) is 2.71. The third kappa shape index (κ3) is 2.14. The molecule has 0 spiro atoms. The number of hydrogen-bond donors (Lipinski definition) is 1. The van der Waals surface area contributed by atoms with Crippen LogP contribution >= 0.6 is 0 Å². The van der Waals surface area contributed by atoms with E-state index in [0.717, 1.165) is 19.3 Å². The van der Waals surface area contributed by atoms with Gasteiger partial charge in [0.05, 0.1) is 4.92 Å². The van der Waals surface area contributed by atoms with Crippen LogP contribution in [0.2, 0.25) is 0 Å². The molecule has 0 aromatic heterocycles. The van der Waals surface area contributed by atoms with Crippen molar-refractivity contribution >= 4 is 5.69 Å². The molecule has 2 rings (SSSR count). The van der Waals surface area contributed by atoms with Crippen molar-refractivity contribution in [2.75, 3.05) is 0 Å². The maximum Gasteiger partial charge on any atom is 0.310 e. The van der Waals surface area contributed by atoms with Gasteiger partial charge in [-0.05, 0) is 25.3 Å². The molecule has 0 saturated heterocycles. The van der Waals surface area contributed by atoms with E-state index in [1.165, 1.54) is 6.07 Å². The number of nitrogens with two attached hydrogens (primary N) is 1. The van der Waals surface area contributed by atoms with Crippen molar-refractivity contribution < 1.29 is 9.66 Å². The average molecular weight is 222 g/mol. The number of nitro groups is 1. The molecule has 1 saturated carbocycles. The predicted octanol–water partition coefficient (Wildman–Crippen LogP) is 1.85. The fourth-order valence-corrected chi connectivity index (χ4v) is 1.97. The van der Waals surface area contributed by atoms with Crippen LogP contribution in [0.1, 0.15) is 19.3 Å². The van der Waals surface area contributed by atoms with Crippen molar-refractivity contribution in [2.24, 2.45) is 5.73 Å². The van der Waals surface area contributed by atoms with Gasteiger partial charge in [-0.1, -0.05) is 12.1 Å². The molecular formula is C11H14N2O3. The van der Waals surface area contributed by atoms with Gasteiger partial charge in [-0.25, -0.2) is 0 Å². The van der Waals surface area contributed by atoms with Crippen molar-refractivity contribution in [3.05, 3.63) is 34.4 Å². The van der Waals surface area contributed by atoms with Crippen molar-refractivity contribution in [1.82, 2.24) is 0 Å². The van der Waals surface area contributed by atoms with Crippen molar-refractivity contribution in [1.29, 1.82) is 0 Å². The zero-order valence-corrected chi connectivity index (χ0v) is 8.83. The normalized spacial score (nSPS) is 24.3. The van der Waals surface area contributed by atoms with Gasteiger partial charge >= 0.3 is 5.69 Å². The zero-order valence-electron chi connectivity index (χ0n) is 8.83. The third-order valence-corrected chi connectivity index (χ3v) is 2.84. The smallest absolute Gasteiger partial charge is 0.310 e. The van der Waals surface area contributed by atoms with E-state index in [-0.39, 0.29) is 17.8 Å². The first-order chi connectivity index (χ1) is 7.68. The van der Waals surface area contributed by atoms with Crippen LogP contribution in [0.15, 0.2) is 24.3 Å². The van der Waals surface area contributed by atoms with Crippen LogP contribution in [0.3, 0.4) is 0 Å². The van der Waals surface area contributed by atoms with E-state index in [4.69, 9.17) is 10.5 Å². The van der Waals surface area contributed by atoms with Gasteiger partial charge < -0.3 is 10.5 Å². The van der Waals surface area contributed by atoms with Gasteiger partial charge in [-0.15, -0.1) is 0 Å². The number of ether oxygens (including phenoxy) is 1. The lowest BCUT2D eigenvalue weighted by atomic mass is 10.2. The number of nitro benzene ring substituents is 1. The second-order valence-electron chi connectivity index (χ2n) is 3.98. The van der Waals surface area contributed by atoms with Crippen LogP contribution in [-0.4, -0.2) is 17.1 Å². The maximum atomic E-state index is 10.8. The molecule has 1 aromatic rings. The standard InChI is InChI=1S/C11H14N2O3/c12-8-4-3-7-10(8)16-11-6-2-1-5-9(11)13(14)15/h1-2,5-6,8,10H,3-4,7,12H2. The van der Waals surface area contributed by atoms with Gasteiger partial charge in [0.2, 0.25) is 0 Å². The minimum Gasteiger partial charge on any atom is -0.482 e. The highest BCUT2D eigenvalue weighted by Gasteiger charge is 2.27. The van der Waals surface area contributed by atoms with E-state index in [0.29, 0.717) is 5.75 Å².